The van der Waals surface area contributed by atoms with Crippen molar-refractivity contribution >= 4 is 11.6 Å². The van der Waals surface area contributed by atoms with E-state index < -0.39 is 6.10 Å². The molecule has 20 heavy (non-hydrogen) atoms. The molecule has 0 saturated heterocycles. The third kappa shape index (κ3) is 3.30. The lowest BCUT2D eigenvalue weighted by atomic mass is 9.97. The van der Waals surface area contributed by atoms with Crippen LogP contribution in [0.2, 0.25) is 5.02 Å². The van der Waals surface area contributed by atoms with Crippen LogP contribution < -0.4 is 4.74 Å². The minimum atomic E-state index is -0.730. The largest absolute Gasteiger partial charge is 0.496 e. The molecule has 1 N–H and O–H groups in total. The molecule has 106 valence electrons. The number of halogens is 2. The first-order valence-corrected chi connectivity index (χ1v) is 6.65. The predicted molar refractivity (Wildman–Crippen MR) is 77.8 cm³/mol. The molecule has 2 aromatic rings. The molecule has 0 aliphatic heterocycles. The normalized spacial score (nSPS) is 12.2. The van der Waals surface area contributed by atoms with E-state index in [1.165, 1.54) is 19.2 Å². The van der Waals surface area contributed by atoms with Gasteiger partial charge in [-0.1, -0.05) is 23.7 Å². The van der Waals surface area contributed by atoms with Gasteiger partial charge in [-0.05, 0) is 42.3 Å². The molecule has 0 bridgehead atoms. The maximum atomic E-state index is 13.1. The molecule has 0 fully saturated rings. The molecule has 2 rings (SSSR count). The molecule has 0 aliphatic rings. The maximum absolute atomic E-state index is 13.1. The summed E-state index contributed by atoms with van der Waals surface area (Å²) >= 11 is 5.90. The van der Waals surface area contributed by atoms with E-state index in [4.69, 9.17) is 16.3 Å². The van der Waals surface area contributed by atoms with Gasteiger partial charge in [0.15, 0.2) is 0 Å². The van der Waals surface area contributed by atoms with E-state index in [-0.39, 0.29) is 5.82 Å². The van der Waals surface area contributed by atoms with Gasteiger partial charge >= 0.3 is 0 Å². The Morgan fingerprint density at radius 3 is 2.65 bits per heavy atom. The Balaban J connectivity index is 2.25. The van der Waals surface area contributed by atoms with E-state index in [0.29, 0.717) is 22.8 Å². The summed E-state index contributed by atoms with van der Waals surface area (Å²) in [5.41, 5.74) is 2.38. The highest BCUT2D eigenvalue weighted by Gasteiger charge is 2.15. The first-order chi connectivity index (χ1) is 9.51. The van der Waals surface area contributed by atoms with E-state index in [2.05, 4.69) is 0 Å². The Kier molecular flexibility index (Phi) is 4.63. The van der Waals surface area contributed by atoms with Crippen LogP contribution in [0.15, 0.2) is 36.4 Å². The van der Waals surface area contributed by atoms with Crippen molar-refractivity contribution in [2.24, 2.45) is 0 Å². The summed E-state index contributed by atoms with van der Waals surface area (Å²) in [6.45, 7) is 1.82. The maximum Gasteiger partial charge on any atom is 0.126 e. The van der Waals surface area contributed by atoms with Crippen LogP contribution in [0.3, 0.4) is 0 Å². The van der Waals surface area contributed by atoms with Gasteiger partial charge in [0.2, 0.25) is 0 Å². The minimum Gasteiger partial charge on any atom is -0.496 e. The molecule has 0 spiro atoms. The zero-order chi connectivity index (χ0) is 14.7. The lowest BCUT2D eigenvalue weighted by Gasteiger charge is -2.16. The monoisotopic (exact) mass is 294 g/mol. The van der Waals surface area contributed by atoms with Crippen molar-refractivity contribution in [2.75, 3.05) is 7.11 Å². The average Bonchev–Trinajstić information content (AvgIpc) is 2.41. The third-order valence-electron chi connectivity index (χ3n) is 3.27. The summed E-state index contributed by atoms with van der Waals surface area (Å²) in [6, 6.07) is 9.66. The molecule has 2 nitrogen and oxygen atoms in total. The standard InChI is InChI=1S/C16H16ClFO2/c1-10-7-13(18)5-3-11(10)8-15(19)14-6-4-12(17)9-16(14)20-2/h3-7,9,15,19H,8H2,1-2H3. The Morgan fingerprint density at radius 2 is 2.00 bits per heavy atom. The van der Waals surface area contributed by atoms with Crippen LogP contribution in [0.4, 0.5) is 4.39 Å². The van der Waals surface area contributed by atoms with Gasteiger partial charge in [-0.3, -0.25) is 0 Å². The van der Waals surface area contributed by atoms with Crippen LogP contribution in [0, 0.1) is 12.7 Å². The van der Waals surface area contributed by atoms with E-state index in [1.54, 1.807) is 24.3 Å². The Bertz CT molecular complexity index is 613. The number of benzene rings is 2. The van der Waals surface area contributed by atoms with Crippen molar-refractivity contribution in [3.05, 3.63) is 63.9 Å². The zero-order valence-corrected chi connectivity index (χ0v) is 12.1. The van der Waals surface area contributed by atoms with Crippen molar-refractivity contribution in [1.82, 2.24) is 0 Å². The SMILES string of the molecule is COc1cc(Cl)ccc1C(O)Cc1ccc(F)cc1C. The van der Waals surface area contributed by atoms with Gasteiger partial charge in [-0.15, -0.1) is 0 Å². The molecule has 0 aliphatic carbocycles. The van der Waals surface area contributed by atoms with Crippen LogP contribution >= 0.6 is 11.6 Å². The van der Waals surface area contributed by atoms with Crippen molar-refractivity contribution in [1.29, 1.82) is 0 Å². The summed E-state index contributed by atoms with van der Waals surface area (Å²) in [5.74, 6) is 0.273. The third-order valence-corrected chi connectivity index (χ3v) is 3.51. The van der Waals surface area contributed by atoms with Crippen LogP contribution in [0.25, 0.3) is 0 Å². The van der Waals surface area contributed by atoms with Gasteiger partial charge in [-0.2, -0.15) is 0 Å². The second-order valence-corrected chi connectivity index (χ2v) is 5.11. The summed E-state index contributed by atoms with van der Waals surface area (Å²) in [7, 11) is 1.53. The van der Waals surface area contributed by atoms with E-state index >= 15 is 0 Å². The fourth-order valence-corrected chi connectivity index (χ4v) is 2.33. The summed E-state index contributed by atoms with van der Waals surface area (Å²) < 4.78 is 18.3. The second kappa shape index (κ2) is 6.25. The summed E-state index contributed by atoms with van der Waals surface area (Å²) in [4.78, 5) is 0. The van der Waals surface area contributed by atoms with E-state index in [0.717, 1.165) is 11.1 Å². The van der Waals surface area contributed by atoms with Crippen molar-refractivity contribution in [2.45, 2.75) is 19.4 Å². The lowest BCUT2D eigenvalue weighted by Crippen LogP contribution is -2.05. The molecule has 1 atom stereocenters. The molecule has 0 saturated carbocycles. The number of rotatable bonds is 4. The first-order valence-electron chi connectivity index (χ1n) is 6.28. The number of aryl methyl sites for hydroxylation is 1. The van der Waals surface area contributed by atoms with Crippen molar-refractivity contribution < 1.29 is 14.2 Å². The lowest BCUT2D eigenvalue weighted by molar-refractivity contribution is 0.174. The van der Waals surface area contributed by atoms with Gasteiger partial charge in [0.05, 0.1) is 13.2 Å². The number of hydrogen-bond acceptors (Lipinski definition) is 2. The molecule has 0 amide bonds. The second-order valence-electron chi connectivity index (χ2n) is 4.68. The molecule has 0 radical (unpaired) electrons. The smallest absolute Gasteiger partial charge is 0.126 e. The quantitative estimate of drug-likeness (QED) is 0.921. The van der Waals surface area contributed by atoms with Gasteiger partial charge in [-0.25, -0.2) is 4.39 Å². The Labute approximate surface area is 122 Å². The minimum absolute atomic E-state index is 0.273. The fourth-order valence-electron chi connectivity index (χ4n) is 2.17. The van der Waals surface area contributed by atoms with Gasteiger partial charge in [0, 0.05) is 17.0 Å². The first kappa shape index (κ1) is 14.8. The molecule has 4 heteroatoms. The highest BCUT2D eigenvalue weighted by Crippen LogP contribution is 2.30. The Hall–Kier alpha value is -1.58. The molecule has 0 heterocycles. The summed E-state index contributed by atoms with van der Waals surface area (Å²) in [5, 5.41) is 10.9. The van der Waals surface area contributed by atoms with Crippen LogP contribution in [-0.2, 0) is 6.42 Å². The van der Waals surface area contributed by atoms with Crippen LogP contribution in [0.1, 0.15) is 22.8 Å². The molecular weight excluding hydrogens is 279 g/mol. The molecule has 0 aromatic heterocycles. The number of aliphatic hydroxyl groups is 1. The van der Waals surface area contributed by atoms with Gasteiger partial charge in [0.25, 0.3) is 0 Å². The zero-order valence-electron chi connectivity index (χ0n) is 11.4. The number of methoxy groups -OCH3 is 1. The van der Waals surface area contributed by atoms with Crippen LogP contribution in [0.5, 0.6) is 5.75 Å². The van der Waals surface area contributed by atoms with Gasteiger partial charge in [0.1, 0.15) is 11.6 Å². The fraction of sp³-hybridized carbons (Fsp3) is 0.250. The summed E-state index contributed by atoms with van der Waals surface area (Å²) in [6.07, 6.45) is -0.337. The average molecular weight is 295 g/mol. The van der Waals surface area contributed by atoms with Crippen molar-refractivity contribution in [3.63, 3.8) is 0 Å². The number of aliphatic hydroxyl groups excluding tert-OH is 1. The predicted octanol–water partition coefficient (Wildman–Crippen LogP) is 4.07. The molecule has 1 unspecified atom stereocenters. The van der Waals surface area contributed by atoms with Gasteiger partial charge < -0.3 is 9.84 Å². The number of ether oxygens (including phenoxy) is 1. The molecular formula is C16H16ClFO2. The topological polar surface area (TPSA) is 29.5 Å². The van der Waals surface area contributed by atoms with Crippen LogP contribution in [-0.4, -0.2) is 12.2 Å². The highest BCUT2D eigenvalue weighted by atomic mass is 35.5. The van der Waals surface area contributed by atoms with E-state index in [1.807, 2.05) is 6.92 Å². The van der Waals surface area contributed by atoms with E-state index in [9.17, 15) is 9.50 Å². The Morgan fingerprint density at radius 1 is 1.25 bits per heavy atom. The molecule has 2 aromatic carbocycles. The van der Waals surface area contributed by atoms with Crippen molar-refractivity contribution in [3.8, 4) is 5.75 Å². The number of hydrogen-bond donors (Lipinski definition) is 1. The highest BCUT2D eigenvalue weighted by molar-refractivity contribution is 6.30.